The van der Waals surface area contributed by atoms with Crippen LogP contribution in [0.5, 0.6) is 0 Å². The van der Waals surface area contributed by atoms with Gasteiger partial charge in [0.25, 0.3) is 5.56 Å². The summed E-state index contributed by atoms with van der Waals surface area (Å²) in [6.45, 7) is 2.98. The molecule has 4 aromatic rings. The molecular weight excluding hydrogens is 321 g/mol. The zero-order valence-electron chi connectivity index (χ0n) is 13.6. The van der Waals surface area contributed by atoms with Crippen molar-refractivity contribution in [1.29, 1.82) is 0 Å². The molecule has 6 heteroatoms. The van der Waals surface area contributed by atoms with Crippen molar-refractivity contribution in [2.24, 2.45) is 0 Å². The summed E-state index contributed by atoms with van der Waals surface area (Å²) in [6.07, 6.45) is 0. The Hall–Kier alpha value is -3.15. The number of rotatable bonds is 4. The molecule has 0 saturated carbocycles. The average Bonchev–Trinajstić information content (AvgIpc) is 2.99. The van der Waals surface area contributed by atoms with Crippen LogP contribution in [0.15, 0.2) is 57.7 Å². The first-order valence-corrected chi connectivity index (χ1v) is 8.06. The van der Waals surface area contributed by atoms with Crippen molar-refractivity contribution >= 4 is 27.8 Å². The number of anilines is 1. The Balaban J connectivity index is 1.78. The van der Waals surface area contributed by atoms with E-state index in [1.807, 2.05) is 36.1 Å². The van der Waals surface area contributed by atoms with Gasteiger partial charge in [0, 0.05) is 17.6 Å². The van der Waals surface area contributed by atoms with Gasteiger partial charge < -0.3 is 14.3 Å². The molecule has 0 radical (unpaired) electrons. The smallest absolute Gasteiger partial charge is 0.294 e. The molecule has 0 saturated heterocycles. The fourth-order valence-corrected chi connectivity index (χ4v) is 2.96. The summed E-state index contributed by atoms with van der Waals surface area (Å²) >= 11 is 0. The minimum Gasteiger partial charge on any atom is -0.449 e. The molecule has 0 bridgehead atoms. The summed E-state index contributed by atoms with van der Waals surface area (Å²) in [7, 11) is 0. The minimum absolute atomic E-state index is 0.221. The molecule has 0 spiro atoms. The van der Waals surface area contributed by atoms with Crippen LogP contribution in [0.4, 0.5) is 10.1 Å². The standard InChI is InChI=1S/C19H16FN3O2/c1-2-23(13-7-5-6-12(20)10-13)11-16-21-17-14-8-3-4-9-15(14)25-18(17)19(24)22-16/h3-10H,2,11H2,1H3,(H,21,22,24). The maximum Gasteiger partial charge on any atom is 0.294 e. The van der Waals surface area contributed by atoms with E-state index in [4.69, 9.17) is 4.42 Å². The number of benzene rings is 2. The number of aromatic nitrogens is 2. The van der Waals surface area contributed by atoms with E-state index in [1.54, 1.807) is 12.1 Å². The number of furan rings is 1. The Morgan fingerprint density at radius 2 is 2.04 bits per heavy atom. The number of nitrogens with zero attached hydrogens (tertiary/aromatic N) is 2. The van der Waals surface area contributed by atoms with Crippen LogP contribution >= 0.6 is 0 Å². The summed E-state index contributed by atoms with van der Waals surface area (Å²) in [5.41, 5.74) is 1.82. The fourth-order valence-electron chi connectivity index (χ4n) is 2.96. The van der Waals surface area contributed by atoms with Gasteiger partial charge in [0.1, 0.15) is 22.7 Å². The first-order chi connectivity index (χ1) is 12.2. The largest absolute Gasteiger partial charge is 0.449 e. The number of H-pyrrole nitrogens is 1. The maximum absolute atomic E-state index is 13.5. The predicted octanol–water partition coefficient (Wildman–Crippen LogP) is 3.83. The zero-order valence-corrected chi connectivity index (χ0v) is 13.6. The molecule has 25 heavy (non-hydrogen) atoms. The lowest BCUT2D eigenvalue weighted by molar-refractivity contribution is 0.626. The topological polar surface area (TPSA) is 62.1 Å². The van der Waals surface area contributed by atoms with Gasteiger partial charge in [0.15, 0.2) is 0 Å². The van der Waals surface area contributed by atoms with E-state index in [2.05, 4.69) is 9.97 Å². The normalized spacial score (nSPS) is 11.3. The van der Waals surface area contributed by atoms with Crippen LogP contribution in [-0.2, 0) is 6.54 Å². The van der Waals surface area contributed by atoms with Gasteiger partial charge in [-0.25, -0.2) is 9.37 Å². The van der Waals surface area contributed by atoms with E-state index in [0.717, 1.165) is 11.1 Å². The molecule has 0 atom stereocenters. The average molecular weight is 337 g/mol. The first-order valence-electron chi connectivity index (χ1n) is 8.06. The third kappa shape index (κ3) is 2.76. The lowest BCUT2D eigenvalue weighted by Crippen LogP contribution is -2.25. The van der Waals surface area contributed by atoms with Crippen molar-refractivity contribution in [2.45, 2.75) is 13.5 Å². The van der Waals surface area contributed by atoms with Gasteiger partial charge in [-0.2, -0.15) is 0 Å². The number of aromatic amines is 1. The van der Waals surface area contributed by atoms with Crippen LogP contribution in [-0.4, -0.2) is 16.5 Å². The van der Waals surface area contributed by atoms with Crippen LogP contribution in [0, 0.1) is 5.82 Å². The van der Waals surface area contributed by atoms with E-state index in [0.29, 0.717) is 30.0 Å². The second kappa shape index (κ2) is 6.05. The van der Waals surface area contributed by atoms with E-state index < -0.39 is 0 Å². The SMILES string of the molecule is CCN(Cc1nc2c(oc3ccccc32)c(=O)[nH]1)c1cccc(F)c1. The molecule has 0 aliphatic rings. The van der Waals surface area contributed by atoms with E-state index in [-0.39, 0.29) is 17.0 Å². The molecular formula is C19H16FN3O2. The number of hydrogen-bond acceptors (Lipinski definition) is 4. The van der Waals surface area contributed by atoms with Gasteiger partial charge in [-0.15, -0.1) is 0 Å². The van der Waals surface area contributed by atoms with E-state index >= 15 is 0 Å². The highest BCUT2D eigenvalue weighted by Crippen LogP contribution is 2.25. The van der Waals surface area contributed by atoms with Crippen molar-refractivity contribution in [2.75, 3.05) is 11.4 Å². The van der Waals surface area contributed by atoms with Crippen LogP contribution in [0.2, 0.25) is 0 Å². The Morgan fingerprint density at radius 3 is 2.84 bits per heavy atom. The summed E-state index contributed by atoms with van der Waals surface area (Å²) in [6, 6.07) is 13.8. The highest BCUT2D eigenvalue weighted by Gasteiger charge is 2.14. The van der Waals surface area contributed by atoms with Crippen molar-refractivity contribution < 1.29 is 8.81 Å². The summed E-state index contributed by atoms with van der Waals surface area (Å²) in [4.78, 5) is 21.6. The second-order valence-electron chi connectivity index (χ2n) is 5.78. The van der Waals surface area contributed by atoms with Gasteiger partial charge in [-0.3, -0.25) is 4.79 Å². The minimum atomic E-state index is -0.313. The maximum atomic E-state index is 13.5. The monoisotopic (exact) mass is 337 g/mol. The molecule has 0 aliphatic heterocycles. The quantitative estimate of drug-likeness (QED) is 0.615. The molecule has 0 fully saturated rings. The molecule has 1 N–H and O–H groups in total. The van der Waals surface area contributed by atoms with Gasteiger partial charge in [0.05, 0.1) is 6.54 Å². The molecule has 2 heterocycles. The molecule has 4 rings (SSSR count). The number of fused-ring (bicyclic) bond motifs is 3. The molecule has 2 aromatic carbocycles. The number of nitrogens with one attached hydrogen (secondary N) is 1. The third-order valence-corrected chi connectivity index (χ3v) is 4.18. The van der Waals surface area contributed by atoms with Crippen molar-refractivity contribution in [3.8, 4) is 0 Å². The van der Waals surface area contributed by atoms with Crippen LogP contribution < -0.4 is 10.5 Å². The fraction of sp³-hybridized carbons (Fsp3) is 0.158. The van der Waals surface area contributed by atoms with E-state index in [9.17, 15) is 9.18 Å². The Bertz CT molecular complexity index is 1120. The van der Waals surface area contributed by atoms with Gasteiger partial charge in [-0.05, 0) is 37.3 Å². The zero-order chi connectivity index (χ0) is 17.4. The highest BCUT2D eigenvalue weighted by atomic mass is 19.1. The number of hydrogen-bond donors (Lipinski definition) is 1. The van der Waals surface area contributed by atoms with Crippen molar-refractivity contribution in [3.05, 3.63) is 70.5 Å². The summed E-state index contributed by atoms with van der Waals surface area (Å²) in [5.74, 6) is 0.212. The molecule has 0 aliphatic carbocycles. The lowest BCUT2D eigenvalue weighted by atomic mass is 10.2. The first kappa shape index (κ1) is 15.4. The van der Waals surface area contributed by atoms with Gasteiger partial charge in [0.2, 0.25) is 5.58 Å². The van der Waals surface area contributed by atoms with Crippen molar-refractivity contribution in [3.63, 3.8) is 0 Å². The van der Waals surface area contributed by atoms with Gasteiger partial charge in [-0.1, -0.05) is 18.2 Å². The molecule has 126 valence electrons. The molecule has 2 aromatic heterocycles. The summed E-state index contributed by atoms with van der Waals surface area (Å²) in [5, 5.41) is 0.804. The molecule has 5 nitrogen and oxygen atoms in total. The lowest BCUT2D eigenvalue weighted by Gasteiger charge is -2.22. The number of halogens is 1. The third-order valence-electron chi connectivity index (χ3n) is 4.18. The second-order valence-corrected chi connectivity index (χ2v) is 5.78. The van der Waals surface area contributed by atoms with Gasteiger partial charge >= 0.3 is 0 Å². The number of para-hydroxylation sites is 1. The molecule has 0 unspecified atom stereocenters. The van der Waals surface area contributed by atoms with Crippen LogP contribution in [0.1, 0.15) is 12.7 Å². The van der Waals surface area contributed by atoms with Crippen molar-refractivity contribution in [1.82, 2.24) is 9.97 Å². The van der Waals surface area contributed by atoms with E-state index in [1.165, 1.54) is 12.1 Å². The van der Waals surface area contributed by atoms with Crippen LogP contribution in [0.25, 0.3) is 22.1 Å². The predicted molar refractivity (Wildman–Crippen MR) is 95.3 cm³/mol. The van der Waals surface area contributed by atoms with Crippen LogP contribution in [0.3, 0.4) is 0 Å². The highest BCUT2D eigenvalue weighted by molar-refractivity contribution is 6.01. The Labute approximate surface area is 142 Å². The molecule has 0 amide bonds. The summed E-state index contributed by atoms with van der Waals surface area (Å²) < 4.78 is 19.1. The Morgan fingerprint density at radius 1 is 1.20 bits per heavy atom. The Kier molecular flexibility index (Phi) is 3.72.